The summed E-state index contributed by atoms with van der Waals surface area (Å²) in [6, 6.07) is 0. The predicted octanol–water partition coefficient (Wildman–Crippen LogP) is 2.27. The highest BCUT2D eigenvalue weighted by atomic mass is 32.1. The Labute approximate surface area is 113 Å². The monoisotopic (exact) mass is 269 g/mol. The lowest BCUT2D eigenvalue weighted by atomic mass is 10.1. The zero-order valence-electron chi connectivity index (χ0n) is 11.8. The number of hydrogen-bond acceptors (Lipinski definition) is 4. The Morgan fingerprint density at radius 1 is 1.33 bits per heavy atom. The molecule has 5 heteroatoms. The van der Waals surface area contributed by atoms with E-state index in [-0.39, 0.29) is 11.4 Å². The van der Waals surface area contributed by atoms with Gasteiger partial charge in [-0.05, 0) is 34.6 Å². The molecule has 0 atom stereocenters. The zero-order valence-corrected chi connectivity index (χ0v) is 12.6. The minimum absolute atomic E-state index is 0.0467. The van der Waals surface area contributed by atoms with Gasteiger partial charge in [0.15, 0.2) is 0 Å². The molecule has 0 bridgehead atoms. The van der Waals surface area contributed by atoms with Crippen LogP contribution in [0.15, 0.2) is 11.6 Å². The van der Waals surface area contributed by atoms with Gasteiger partial charge in [-0.1, -0.05) is 0 Å². The summed E-state index contributed by atoms with van der Waals surface area (Å²) in [5, 5.41) is 9.16. The van der Waals surface area contributed by atoms with E-state index in [0.29, 0.717) is 13.0 Å². The van der Waals surface area contributed by atoms with E-state index in [1.165, 1.54) is 0 Å². The zero-order chi connectivity index (χ0) is 13.8. The Morgan fingerprint density at radius 2 is 2.00 bits per heavy atom. The van der Waals surface area contributed by atoms with Crippen LogP contribution in [0.5, 0.6) is 0 Å². The molecule has 0 aromatic carbocycles. The van der Waals surface area contributed by atoms with Gasteiger partial charge in [0.25, 0.3) is 0 Å². The Bertz CT molecular complexity index is 379. The van der Waals surface area contributed by atoms with Gasteiger partial charge < -0.3 is 10.6 Å². The summed E-state index contributed by atoms with van der Waals surface area (Å²) in [6.07, 6.45) is 2.24. The van der Waals surface area contributed by atoms with Crippen LogP contribution in [-0.4, -0.2) is 23.0 Å². The van der Waals surface area contributed by atoms with Crippen LogP contribution in [0.2, 0.25) is 0 Å². The quantitative estimate of drug-likeness (QED) is 0.862. The van der Waals surface area contributed by atoms with Crippen molar-refractivity contribution in [2.75, 3.05) is 6.54 Å². The molecule has 0 radical (unpaired) electrons. The SMILES string of the molecule is CC(C)(C)NCCC(=O)NC(C)(C)c1nccs1. The number of rotatable bonds is 5. The summed E-state index contributed by atoms with van der Waals surface area (Å²) in [6.45, 7) is 10.9. The van der Waals surface area contributed by atoms with Crippen LogP contribution in [0.25, 0.3) is 0 Å². The second kappa shape index (κ2) is 5.80. The van der Waals surface area contributed by atoms with Gasteiger partial charge >= 0.3 is 0 Å². The standard InChI is InChI=1S/C13H23N3OS/c1-12(2,3)15-7-6-10(17)16-13(4,5)11-14-8-9-18-11/h8-9,15H,6-7H2,1-5H3,(H,16,17). The summed E-state index contributed by atoms with van der Waals surface area (Å²) in [7, 11) is 0. The number of hydrogen-bond donors (Lipinski definition) is 2. The van der Waals surface area contributed by atoms with Gasteiger partial charge in [0.2, 0.25) is 5.91 Å². The van der Waals surface area contributed by atoms with Crippen molar-refractivity contribution in [2.24, 2.45) is 0 Å². The van der Waals surface area contributed by atoms with E-state index in [1.807, 2.05) is 19.2 Å². The highest BCUT2D eigenvalue weighted by Crippen LogP contribution is 2.21. The van der Waals surface area contributed by atoms with Gasteiger partial charge in [0, 0.05) is 30.1 Å². The molecular formula is C13H23N3OS. The lowest BCUT2D eigenvalue weighted by molar-refractivity contribution is -0.122. The molecule has 1 heterocycles. The van der Waals surface area contributed by atoms with Crippen LogP contribution in [0.3, 0.4) is 0 Å². The molecule has 0 aliphatic carbocycles. The highest BCUT2D eigenvalue weighted by molar-refractivity contribution is 7.09. The van der Waals surface area contributed by atoms with Crippen LogP contribution in [0, 0.1) is 0 Å². The second-order valence-electron chi connectivity index (χ2n) is 5.94. The number of carbonyl (C=O) groups is 1. The maximum absolute atomic E-state index is 11.9. The van der Waals surface area contributed by atoms with Gasteiger partial charge in [-0.25, -0.2) is 4.98 Å². The molecule has 102 valence electrons. The summed E-state index contributed by atoms with van der Waals surface area (Å²) in [5.41, 5.74) is -0.349. The van der Waals surface area contributed by atoms with Crippen LogP contribution in [-0.2, 0) is 10.3 Å². The highest BCUT2D eigenvalue weighted by Gasteiger charge is 2.25. The van der Waals surface area contributed by atoms with Gasteiger partial charge in [-0.15, -0.1) is 11.3 Å². The molecule has 1 amide bonds. The maximum atomic E-state index is 11.9. The first-order valence-electron chi connectivity index (χ1n) is 6.17. The summed E-state index contributed by atoms with van der Waals surface area (Å²) in [5.74, 6) is 0.0481. The van der Waals surface area contributed by atoms with E-state index < -0.39 is 5.54 Å². The first-order valence-corrected chi connectivity index (χ1v) is 7.05. The first kappa shape index (κ1) is 15.1. The van der Waals surface area contributed by atoms with Gasteiger partial charge in [-0.2, -0.15) is 0 Å². The number of amides is 1. The molecule has 1 aromatic rings. The molecule has 18 heavy (non-hydrogen) atoms. The lowest BCUT2D eigenvalue weighted by Crippen LogP contribution is -2.43. The molecule has 0 fully saturated rings. The molecule has 4 nitrogen and oxygen atoms in total. The average molecular weight is 269 g/mol. The predicted molar refractivity (Wildman–Crippen MR) is 75.7 cm³/mol. The van der Waals surface area contributed by atoms with E-state index >= 15 is 0 Å². The molecule has 0 aliphatic heterocycles. The van der Waals surface area contributed by atoms with Crippen LogP contribution >= 0.6 is 11.3 Å². The fourth-order valence-corrected chi connectivity index (χ4v) is 2.27. The van der Waals surface area contributed by atoms with Crippen LogP contribution in [0.4, 0.5) is 0 Å². The molecule has 0 saturated heterocycles. The van der Waals surface area contributed by atoms with E-state index in [4.69, 9.17) is 0 Å². The molecule has 1 rings (SSSR count). The number of nitrogens with zero attached hydrogens (tertiary/aromatic N) is 1. The van der Waals surface area contributed by atoms with Gasteiger partial charge in [-0.3, -0.25) is 4.79 Å². The molecule has 0 spiro atoms. The smallest absolute Gasteiger partial charge is 0.222 e. The first-order chi connectivity index (χ1) is 8.21. The molecule has 1 aromatic heterocycles. The topological polar surface area (TPSA) is 54.0 Å². The maximum Gasteiger partial charge on any atom is 0.222 e. The third-order valence-corrected chi connectivity index (χ3v) is 3.52. The Kier molecular flexibility index (Phi) is 4.87. The Balaban J connectivity index is 2.41. The van der Waals surface area contributed by atoms with Crippen molar-refractivity contribution in [3.63, 3.8) is 0 Å². The van der Waals surface area contributed by atoms with Crippen LogP contribution < -0.4 is 10.6 Å². The van der Waals surface area contributed by atoms with Crippen molar-refractivity contribution >= 4 is 17.2 Å². The van der Waals surface area contributed by atoms with Crippen molar-refractivity contribution in [2.45, 2.75) is 52.1 Å². The van der Waals surface area contributed by atoms with E-state index in [0.717, 1.165) is 5.01 Å². The third kappa shape index (κ3) is 5.14. The number of carbonyl (C=O) groups excluding carboxylic acids is 1. The van der Waals surface area contributed by atoms with Crippen molar-refractivity contribution in [3.05, 3.63) is 16.6 Å². The van der Waals surface area contributed by atoms with E-state index in [2.05, 4.69) is 36.4 Å². The fraction of sp³-hybridized carbons (Fsp3) is 0.692. The van der Waals surface area contributed by atoms with Crippen molar-refractivity contribution < 1.29 is 4.79 Å². The van der Waals surface area contributed by atoms with Crippen molar-refractivity contribution in [1.29, 1.82) is 0 Å². The molecule has 0 unspecified atom stereocenters. The molecule has 2 N–H and O–H groups in total. The number of thiazole rings is 1. The van der Waals surface area contributed by atoms with E-state index in [9.17, 15) is 4.79 Å². The van der Waals surface area contributed by atoms with Crippen molar-refractivity contribution in [3.8, 4) is 0 Å². The van der Waals surface area contributed by atoms with Gasteiger partial charge in [0.05, 0.1) is 5.54 Å². The number of nitrogens with one attached hydrogen (secondary N) is 2. The Hall–Kier alpha value is -0.940. The summed E-state index contributed by atoms with van der Waals surface area (Å²) >= 11 is 1.56. The van der Waals surface area contributed by atoms with Crippen LogP contribution in [0.1, 0.15) is 46.0 Å². The van der Waals surface area contributed by atoms with Crippen molar-refractivity contribution in [1.82, 2.24) is 15.6 Å². The fourth-order valence-electron chi connectivity index (χ4n) is 1.55. The summed E-state index contributed by atoms with van der Waals surface area (Å²) < 4.78 is 0. The normalized spacial score (nSPS) is 12.5. The minimum atomic E-state index is -0.396. The third-order valence-electron chi connectivity index (χ3n) is 2.43. The van der Waals surface area contributed by atoms with Gasteiger partial charge in [0.1, 0.15) is 5.01 Å². The molecule has 0 aliphatic rings. The molecular weight excluding hydrogens is 246 g/mol. The second-order valence-corrected chi connectivity index (χ2v) is 6.83. The minimum Gasteiger partial charge on any atom is -0.345 e. The molecule has 0 saturated carbocycles. The number of aromatic nitrogens is 1. The lowest BCUT2D eigenvalue weighted by Gasteiger charge is -2.25. The average Bonchev–Trinajstić information content (AvgIpc) is 2.67. The Morgan fingerprint density at radius 3 is 2.50 bits per heavy atom. The van der Waals surface area contributed by atoms with E-state index in [1.54, 1.807) is 17.5 Å². The largest absolute Gasteiger partial charge is 0.345 e. The summed E-state index contributed by atoms with van der Waals surface area (Å²) in [4.78, 5) is 16.1.